The summed E-state index contributed by atoms with van der Waals surface area (Å²) in [5.41, 5.74) is 0.870. The van der Waals surface area contributed by atoms with Gasteiger partial charge >= 0.3 is 5.97 Å². The number of hydrogen-bond acceptors (Lipinski definition) is 3. The summed E-state index contributed by atoms with van der Waals surface area (Å²) in [6.07, 6.45) is 1.31. The zero-order valence-electron chi connectivity index (χ0n) is 7.57. The van der Waals surface area contributed by atoms with Crippen molar-refractivity contribution in [2.75, 3.05) is 6.61 Å². The van der Waals surface area contributed by atoms with Gasteiger partial charge in [0, 0.05) is 12.3 Å². The molecule has 0 saturated carbocycles. The van der Waals surface area contributed by atoms with Crippen molar-refractivity contribution in [2.45, 2.75) is 13.8 Å². The van der Waals surface area contributed by atoms with Gasteiger partial charge in [0.1, 0.15) is 0 Å². The number of hydrogen-bond donors (Lipinski definition) is 1. The molecule has 1 N–H and O–H groups in total. The van der Waals surface area contributed by atoms with Crippen LogP contribution in [0.15, 0.2) is 12.3 Å². The molecule has 70 valence electrons. The lowest BCUT2D eigenvalue weighted by Gasteiger charge is -2.04. The van der Waals surface area contributed by atoms with Crippen molar-refractivity contribution in [3.05, 3.63) is 23.4 Å². The summed E-state index contributed by atoms with van der Waals surface area (Å²) in [5.74, 6) is -0.502. The zero-order valence-corrected chi connectivity index (χ0v) is 7.57. The smallest absolute Gasteiger partial charge is 0.337 e. The van der Waals surface area contributed by atoms with Gasteiger partial charge in [-0.2, -0.15) is 0 Å². The molecule has 0 saturated heterocycles. The standard InChI is InChI=1S/C9H11NO3/c1-3-13-8-4-6(2)7(5-10-8)9(11)12/h4-5H,3H2,1-2H3,(H,11,12). The Bertz CT molecular complexity index is 323. The summed E-state index contributed by atoms with van der Waals surface area (Å²) in [5, 5.41) is 8.71. The molecule has 0 aromatic carbocycles. The lowest BCUT2D eigenvalue weighted by Crippen LogP contribution is -2.02. The number of pyridine rings is 1. The molecule has 0 radical (unpaired) electrons. The normalized spacial score (nSPS) is 9.69. The van der Waals surface area contributed by atoms with E-state index in [-0.39, 0.29) is 5.56 Å². The highest BCUT2D eigenvalue weighted by molar-refractivity contribution is 5.88. The number of aryl methyl sites for hydroxylation is 1. The third kappa shape index (κ3) is 2.18. The Hall–Kier alpha value is -1.58. The number of ether oxygens (including phenoxy) is 1. The Labute approximate surface area is 76.2 Å². The van der Waals surface area contributed by atoms with E-state index in [9.17, 15) is 4.79 Å². The first-order chi connectivity index (χ1) is 6.15. The van der Waals surface area contributed by atoms with Crippen LogP contribution in [0.25, 0.3) is 0 Å². The van der Waals surface area contributed by atoms with E-state index in [1.807, 2.05) is 6.92 Å². The molecule has 0 spiro atoms. The first kappa shape index (κ1) is 9.51. The summed E-state index contributed by atoms with van der Waals surface area (Å²) in [6.45, 7) is 4.09. The Morgan fingerprint density at radius 1 is 1.69 bits per heavy atom. The Balaban J connectivity index is 2.98. The Morgan fingerprint density at radius 2 is 2.38 bits per heavy atom. The van der Waals surface area contributed by atoms with Gasteiger partial charge in [-0.25, -0.2) is 9.78 Å². The van der Waals surface area contributed by atoms with Gasteiger partial charge in [0.15, 0.2) is 0 Å². The van der Waals surface area contributed by atoms with E-state index in [2.05, 4.69) is 4.98 Å². The van der Waals surface area contributed by atoms with E-state index in [0.717, 1.165) is 0 Å². The van der Waals surface area contributed by atoms with Crippen molar-refractivity contribution < 1.29 is 14.6 Å². The predicted octanol–water partition coefficient (Wildman–Crippen LogP) is 1.49. The third-order valence-electron chi connectivity index (χ3n) is 1.61. The van der Waals surface area contributed by atoms with Gasteiger partial charge in [0.2, 0.25) is 5.88 Å². The number of carboxylic acids is 1. The van der Waals surface area contributed by atoms with Crippen LogP contribution in [-0.4, -0.2) is 22.7 Å². The van der Waals surface area contributed by atoms with Crippen LogP contribution < -0.4 is 4.74 Å². The van der Waals surface area contributed by atoms with E-state index in [1.165, 1.54) is 6.20 Å². The maximum absolute atomic E-state index is 10.6. The summed E-state index contributed by atoms with van der Waals surface area (Å²) in [4.78, 5) is 14.5. The van der Waals surface area contributed by atoms with Crippen molar-refractivity contribution in [3.8, 4) is 5.88 Å². The van der Waals surface area contributed by atoms with E-state index in [4.69, 9.17) is 9.84 Å². The predicted molar refractivity (Wildman–Crippen MR) is 47.1 cm³/mol. The van der Waals surface area contributed by atoms with Crippen LogP contribution in [0.5, 0.6) is 5.88 Å². The minimum atomic E-state index is -0.965. The van der Waals surface area contributed by atoms with Crippen LogP contribution in [0.4, 0.5) is 0 Å². The molecule has 4 heteroatoms. The lowest BCUT2D eigenvalue weighted by molar-refractivity contribution is 0.0695. The molecule has 1 heterocycles. The van der Waals surface area contributed by atoms with Crippen LogP contribution >= 0.6 is 0 Å². The summed E-state index contributed by atoms with van der Waals surface area (Å²) in [6, 6.07) is 1.62. The molecule has 0 unspecified atom stereocenters. The van der Waals surface area contributed by atoms with E-state index < -0.39 is 5.97 Å². The highest BCUT2D eigenvalue weighted by atomic mass is 16.5. The molecule has 1 aromatic rings. The van der Waals surface area contributed by atoms with Gasteiger partial charge in [-0.3, -0.25) is 0 Å². The van der Waals surface area contributed by atoms with Crippen LogP contribution in [0.2, 0.25) is 0 Å². The van der Waals surface area contributed by atoms with Crippen molar-refractivity contribution in [1.29, 1.82) is 0 Å². The number of aromatic nitrogens is 1. The maximum atomic E-state index is 10.6. The third-order valence-corrected chi connectivity index (χ3v) is 1.61. The molecule has 1 rings (SSSR count). The summed E-state index contributed by atoms with van der Waals surface area (Å²) >= 11 is 0. The molecule has 1 aromatic heterocycles. The fourth-order valence-electron chi connectivity index (χ4n) is 0.981. The first-order valence-corrected chi connectivity index (χ1v) is 3.98. The molecule has 0 aliphatic rings. The van der Waals surface area contributed by atoms with Gasteiger partial charge in [-0.05, 0) is 19.4 Å². The fraction of sp³-hybridized carbons (Fsp3) is 0.333. The first-order valence-electron chi connectivity index (χ1n) is 3.98. The molecule has 13 heavy (non-hydrogen) atoms. The second-order valence-electron chi connectivity index (χ2n) is 2.58. The van der Waals surface area contributed by atoms with Gasteiger partial charge in [0.25, 0.3) is 0 Å². The van der Waals surface area contributed by atoms with Crippen LogP contribution in [0.1, 0.15) is 22.8 Å². The molecular formula is C9H11NO3. The number of nitrogens with zero attached hydrogens (tertiary/aromatic N) is 1. The molecule has 0 aliphatic heterocycles. The number of carbonyl (C=O) groups is 1. The largest absolute Gasteiger partial charge is 0.478 e. The molecule has 0 bridgehead atoms. The second-order valence-corrected chi connectivity index (χ2v) is 2.58. The molecule has 4 nitrogen and oxygen atoms in total. The number of aromatic carboxylic acids is 1. The fourth-order valence-corrected chi connectivity index (χ4v) is 0.981. The van der Waals surface area contributed by atoms with Gasteiger partial charge < -0.3 is 9.84 Å². The maximum Gasteiger partial charge on any atom is 0.337 e. The average Bonchev–Trinajstić information content (AvgIpc) is 2.04. The van der Waals surface area contributed by atoms with Gasteiger partial charge in [0.05, 0.1) is 12.2 Å². The number of carboxylic acid groups (broad SMARTS) is 1. The van der Waals surface area contributed by atoms with Crippen molar-refractivity contribution in [2.24, 2.45) is 0 Å². The van der Waals surface area contributed by atoms with Crippen LogP contribution in [0.3, 0.4) is 0 Å². The van der Waals surface area contributed by atoms with Crippen molar-refractivity contribution in [1.82, 2.24) is 4.98 Å². The average molecular weight is 181 g/mol. The molecular weight excluding hydrogens is 170 g/mol. The van der Waals surface area contributed by atoms with Gasteiger partial charge in [-0.1, -0.05) is 0 Å². The minimum Gasteiger partial charge on any atom is -0.478 e. The van der Waals surface area contributed by atoms with E-state index >= 15 is 0 Å². The highest BCUT2D eigenvalue weighted by Gasteiger charge is 2.08. The molecule has 0 atom stereocenters. The van der Waals surface area contributed by atoms with E-state index in [0.29, 0.717) is 18.1 Å². The van der Waals surface area contributed by atoms with Crippen molar-refractivity contribution in [3.63, 3.8) is 0 Å². The number of rotatable bonds is 3. The van der Waals surface area contributed by atoms with Gasteiger partial charge in [-0.15, -0.1) is 0 Å². The Morgan fingerprint density at radius 3 is 2.85 bits per heavy atom. The molecule has 0 fully saturated rings. The zero-order chi connectivity index (χ0) is 9.84. The molecule has 0 amide bonds. The van der Waals surface area contributed by atoms with Crippen LogP contribution in [-0.2, 0) is 0 Å². The second kappa shape index (κ2) is 3.89. The monoisotopic (exact) mass is 181 g/mol. The van der Waals surface area contributed by atoms with Crippen molar-refractivity contribution >= 4 is 5.97 Å². The minimum absolute atomic E-state index is 0.212. The Kier molecular flexibility index (Phi) is 2.84. The van der Waals surface area contributed by atoms with Crippen LogP contribution in [0, 0.1) is 6.92 Å². The highest BCUT2D eigenvalue weighted by Crippen LogP contribution is 2.13. The summed E-state index contributed by atoms with van der Waals surface area (Å²) in [7, 11) is 0. The lowest BCUT2D eigenvalue weighted by atomic mass is 10.2. The molecule has 0 aliphatic carbocycles. The quantitative estimate of drug-likeness (QED) is 0.767. The SMILES string of the molecule is CCOc1cc(C)c(C(=O)O)cn1. The summed E-state index contributed by atoms with van der Waals surface area (Å²) < 4.78 is 5.12. The topological polar surface area (TPSA) is 59.4 Å². The van der Waals surface area contributed by atoms with E-state index in [1.54, 1.807) is 13.0 Å².